The monoisotopic (exact) mass is 602 g/mol. The first-order valence-electron chi connectivity index (χ1n) is 13.5. The van der Waals surface area contributed by atoms with E-state index in [1.807, 2.05) is 0 Å². The van der Waals surface area contributed by atoms with Gasteiger partial charge in [-0.2, -0.15) is 13.2 Å². The van der Waals surface area contributed by atoms with E-state index in [9.17, 15) is 22.8 Å². The van der Waals surface area contributed by atoms with Crippen molar-refractivity contribution >= 4 is 34.9 Å². The zero-order valence-electron chi connectivity index (χ0n) is 23.0. The summed E-state index contributed by atoms with van der Waals surface area (Å²) in [6.07, 6.45) is -3.02. The van der Waals surface area contributed by atoms with Crippen LogP contribution in [0.25, 0.3) is 0 Å². The van der Waals surface area contributed by atoms with Crippen molar-refractivity contribution in [2.75, 3.05) is 30.5 Å². The van der Waals surface area contributed by atoms with Crippen LogP contribution in [0.3, 0.4) is 0 Å². The number of halogens is 4. The number of hydrogen-bond acceptors (Lipinski definition) is 5. The molecule has 1 aliphatic carbocycles. The van der Waals surface area contributed by atoms with E-state index in [0.717, 1.165) is 6.07 Å². The predicted molar refractivity (Wildman–Crippen MR) is 152 cm³/mol. The van der Waals surface area contributed by atoms with E-state index < -0.39 is 29.7 Å². The molecule has 1 aliphatic heterocycles. The topological polar surface area (TPSA) is 88.1 Å². The maximum atomic E-state index is 14.1. The van der Waals surface area contributed by atoms with Gasteiger partial charge in [-0.3, -0.25) is 9.59 Å². The number of rotatable bonds is 9. The van der Waals surface area contributed by atoms with Crippen molar-refractivity contribution in [2.24, 2.45) is 11.8 Å². The molecule has 3 aromatic carbocycles. The Balaban J connectivity index is 1.43. The minimum absolute atomic E-state index is 0.118. The Morgan fingerprint density at radius 2 is 1.79 bits per heavy atom. The Morgan fingerprint density at radius 3 is 2.43 bits per heavy atom. The van der Waals surface area contributed by atoms with Crippen molar-refractivity contribution < 1.29 is 37.3 Å². The van der Waals surface area contributed by atoms with Crippen molar-refractivity contribution in [3.63, 3.8) is 0 Å². The Labute approximate surface area is 246 Å². The van der Waals surface area contributed by atoms with Crippen LogP contribution in [0.1, 0.15) is 41.1 Å². The average molecular weight is 603 g/mol. The molecule has 1 fully saturated rings. The first-order chi connectivity index (χ1) is 19.9. The number of aryl methyl sites for hydroxylation is 1. The van der Waals surface area contributed by atoms with Crippen LogP contribution in [0.2, 0.25) is 5.02 Å². The molecule has 5 rings (SSSR count). The second-order valence-electron chi connectivity index (χ2n) is 10.7. The minimum atomic E-state index is -4.55. The fourth-order valence-corrected chi connectivity index (χ4v) is 5.63. The zero-order chi connectivity index (χ0) is 30.2. The molecule has 7 nitrogen and oxygen atoms in total. The second-order valence-corrected chi connectivity index (χ2v) is 11.2. The lowest BCUT2D eigenvalue weighted by Crippen LogP contribution is -2.37. The van der Waals surface area contributed by atoms with Gasteiger partial charge >= 0.3 is 12.1 Å². The highest BCUT2D eigenvalue weighted by Crippen LogP contribution is 2.40. The SMILES string of the molecule is COc1cc(NC(C(=O)N2CCc3cc(C)c(C(F)(F)F)cc32)c2ccc(Cl)cc2)cc(OCC2CC(C(=O)O)C2)c1. The number of alkyl halides is 3. The van der Waals surface area contributed by atoms with E-state index in [0.29, 0.717) is 59.2 Å². The van der Waals surface area contributed by atoms with Gasteiger partial charge in [0.2, 0.25) is 0 Å². The normalized spacial score (nSPS) is 18.6. The van der Waals surface area contributed by atoms with Crippen LogP contribution >= 0.6 is 11.6 Å². The molecular formula is C31H30ClF3N2O5. The molecule has 0 aromatic heterocycles. The summed E-state index contributed by atoms with van der Waals surface area (Å²) in [5, 5.41) is 12.8. The van der Waals surface area contributed by atoms with Crippen LogP contribution in [0.4, 0.5) is 24.5 Å². The number of aliphatic carboxylic acids is 1. The van der Waals surface area contributed by atoms with Crippen molar-refractivity contribution in [1.29, 1.82) is 0 Å². The molecule has 222 valence electrons. The Bertz CT molecular complexity index is 1490. The molecular weight excluding hydrogens is 573 g/mol. The van der Waals surface area contributed by atoms with Gasteiger partial charge in [-0.1, -0.05) is 29.8 Å². The molecule has 1 heterocycles. The van der Waals surface area contributed by atoms with Crippen LogP contribution in [-0.2, 0) is 22.2 Å². The van der Waals surface area contributed by atoms with Crippen LogP contribution in [0.15, 0.2) is 54.6 Å². The number of amides is 1. The predicted octanol–water partition coefficient (Wildman–Crippen LogP) is 6.91. The number of nitrogens with one attached hydrogen (secondary N) is 1. The van der Waals surface area contributed by atoms with Crippen LogP contribution in [-0.4, -0.2) is 37.2 Å². The maximum absolute atomic E-state index is 14.1. The highest BCUT2D eigenvalue weighted by Gasteiger charge is 2.38. The number of carbonyl (C=O) groups is 2. The number of carboxylic acids is 1. The number of benzene rings is 3. The molecule has 2 N–H and O–H groups in total. The molecule has 0 spiro atoms. The third kappa shape index (κ3) is 6.28. The molecule has 1 unspecified atom stereocenters. The van der Waals surface area contributed by atoms with E-state index in [1.54, 1.807) is 42.5 Å². The Kier molecular flexibility index (Phi) is 8.28. The number of ether oxygens (including phenoxy) is 2. The van der Waals surface area contributed by atoms with E-state index in [2.05, 4.69) is 5.32 Å². The first-order valence-corrected chi connectivity index (χ1v) is 13.9. The van der Waals surface area contributed by atoms with E-state index in [4.69, 9.17) is 26.2 Å². The van der Waals surface area contributed by atoms with Gasteiger partial charge in [0.05, 0.1) is 25.2 Å². The molecule has 2 aliphatic rings. The highest BCUT2D eigenvalue weighted by atomic mass is 35.5. The van der Waals surface area contributed by atoms with Gasteiger partial charge in [-0.25, -0.2) is 0 Å². The maximum Gasteiger partial charge on any atom is 0.416 e. The number of methoxy groups -OCH3 is 1. The summed E-state index contributed by atoms with van der Waals surface area (Å²) in [5.74, 6) is -0.521. The summed E-state index contributed by atoms with van der Waals surface area (Å²) >= 11 is 6.10. The second kappa shape index (κ2) is 11.8. The molecule has 3 aromatic rings. The number of carbonyl (C=O) groups excluding carboxylic acids is 1. The summed E-state index contributed by atoms with van der Waals surface area (Å²) in [7, 11) is 1.50. The quantitative estimate of drug-likeness (QED) is 0.277. The highest BCUT2D eigenvalue weighted by molar-refractivity contribution is 6.30. The molecule has 0 bridgehead atoms. The lowest BCUT2D eigenvalue weighted by Gasteiger charge is -2.32. The summed E-state index contributed by atoms with van der Waals surface area (Å²) in [5.41, 5.74) is 1.34. The molecule has 11 heteroatoms. The third-order valence-electron chi connectivity index (χ3n) is 7.84. The van der Waals surface area contributed by atoms with Crippen LogP contribution in [0, 0.1) is 18.8 Å². The fraction of sp³-hybridized carbons (Fsp3) is 0.355. The number of fused-ring (bicyclic) bond motifs is 1. The lowest BCUT2D eigenvalue weighted by molar-refractivity contribution is -0.146. The molecule has 0 radical (unpaired) electrons. The van der Waals surface area contributed by atoms with Gasteiger partial charge in [0.15, 0.2) is 0 Å². The van der Waals surface area contributed by atoms with Crippen molar-refractivity contribution in [1.82, 2.24) is 0 Å². The van der Waals surface area contributed by atoms with Crippen molar-refractivity contribution in [2.45, 2.75) is 38.4 Å². The Hall–Kier alpha value is -3.92. The van der Waals surface area contributed by atoms with Crippen molar-refractivity contribution in [3.8, 4) is 11.5 Å². The van der Waals surface area contributed by atoms with Gasteiger partial charge in [0.1, 0.15) is 17.5 Å². The van der Waals surface area contributed by atoms with E-state index in [-0.39, 0.29) is 29.6 Å². The molecule has 1 amide bonds. The number of anilines is 2. The largest absolute Gasteiger partial charge is 0.497 e. The molecule has 0 saturated heterocycles. The number of carboxylic acid groups (broad SMARTS) is 1. The average Bonchev–Trinajstić information content (AvgIpc) is 3.32. The molecule has 1 saturated carbocycles. The lowest BCUT2D eigenvalue weighted by atomic mass is 9.75. The number of hydrogen-bond donors (Lipinski definition) is 2. The van der Waals surface area contributed by atoms with Crippen LogP contribution in [0.5, 0.6) is 11.5 Å². The van der Waals surface area contributed by atoms with Gasteiger partial charge in [0, 0.05) is 41.1 Å². The van der Waals surface area contributed by atoms with E-state index >= 15 is 0 Å². The zero-order valence-corrected chi connectivity index (χ0v) is 23.8. The molecule has 1 atom stereocenters. The fourth-order valence-electron chi connectivity index (χ4n) is 5.50. The van der Waals surface area contributed by atoms with E-state index in [1.165, 1.54) is 25.0 Å². The van der Waals surface area contributed by atoms with Gasteiger partial charge in [-0.05, 0) is 67.0 Å². The molecule has 42 heavy (non-hydrogen) atoms. The summed E-state index contributed by atoms with van der Waals surface area (Å²) in [4.78, 5) is 26.6. The van der Waals surface area contributed by atoms with Gasteiger partial charge < -0.3 is 24.8 Å². The third-order valence-corrected chi connectivity index (χ3v) is 8.09. The van der Waals surface area contributed by atoms with Crippen molar-refractivity contribution in [3.05, 3.63) is 81.9 Å². The van der Waals surface area contributed by atoms with Crippen LogP contribution < -0.4 is 19.7 Å². The smallest absolute Gasteiger partial charge is 0.416 e. The Morgan fingerprint density at radius 1 is 1.10 bits per heavy atom. The summed E-state index contributed by atoms with van der Waals surface area (Å²) < 4.78 is 52.6. The minimum Gasteiger partial charge on any atom is -0.497 e. The number of nitrogens with zero attached hydrogens (tertiary/aromatic N) is 1. The van der Waals surface area contributed by atoms with Gasteiger partial charge in [0.25, 0.3) is 5.91 Å². The first kappa shape index (κ1) is 29.6. The summed E-state index contributed by atoms with van der Waals surface area (Å²) in [6.45, 7) is 2.00. The summed E-state index contributed by atoms with van der Waals surface area (Å²) in [6, 6.07) is 13.4. The van der Waals surface area contributed by atoms with Gasteiger partial charge in [-0.15, -0.1) is 0 Å². The standard InChI is InChI=1S/C31H30ClF3N2O5/c1-17-9-20-7-8-37(27(20)15-26(17)31(33,34)35)29(38)28(19-3-5-22(32)6-4-19)36-23-12-24(41-2)14-25(13-23)42-16-18-10-21(11-18)30(39)40/h3-6,9,12-15,18,21,28,36H,7-8,10-11,16H2,1-2H3,(H,39,40).